The van der Waals surface area contributed by atoms with Crippen molar-refractivity contribution in [3.8, 4) is 0 Å². The zero-order chi connectivity index (χ0) is 13.2. The van der Waals surface area contributed by atoms with Crippen molar-refractivity contribution < 1.29 is 9.90 Å². The van der Waals surface area contributed by atoms with Crippen molar-refractivity contribution in [1.29, 1.82) is 0 Å². The van der Waals surface area contributed by atoms with Crippen molar-refractivity contribution in [2.24, 2.45) is 5.92 Å². The van der Waals surface area contributed by atoms with E-state index in [1.165, 1.54) is 24.0 Å². The zero-order valence-corrected chi connectivity index (χ0v) is 11.2. The molecule has 3 heteroatoms. The Morgan fingerprint density at radius 2 is 1.95 bits per heavy atom. The van der Waals surface area contributed by atoms with E-state index in [4.69, 9.17) is 5.11 Å². The van der Waals surface area contributed by atoms with Crippen LogP contribution >= 0.6 is 0 Å². The zero-order valence-electron chi connectivity index (χ0n) is 11.2. The number of carboxylic acids is 1. The molecule has 1 heterocycles. The summed E-state index contributed by atoms with van der Waals surface area (Å²) in [5, 5.41) is 8.82. The van der Waals surface area contributed by atoms with E-state index < -0.39 is 5.97 Å². The Morgan fingerprint density at radius 1 is 1.21 bits per heavy atom. The number of benzene rings is 1. The fourth-order valence-corrected chi connectivity index (χ4v) is 3.04. The summed E-state index contributed by atoms with van der Waals surface area (Å²) in [5.41, 5.74) is 2.83. The second-order valence-electron chi connectivity index (χ2n) is 6.00. The molecule has 19 heavy (non-hydrogen) atoms. The normalized spacial score (nSPS) is 23.7. The summed E-state index contributed by atoms with van der Waals surface area (Å²) in [6.45, 7) is 2.92. The minimum absolute atomic E-state index is 0.317. The molecule has 0 radical (unpaired) electrons. The number of aliphatic carboxylic acids is 1. The highest BCUT2D eigenvalue weighted by molar-refractivity contribution is 5.67. The molecule has 1 aliphatic carbocycles. The van der Waals surface area contributed by atoms with Crippen LogP contribution in [0.4, 0.5) is 0 Å². The predicted octanol–water partition coefficient (Wildman–Crippen LogP) is 2.86. The molecular formula is C16H21NO2. The second-order valence-corrected chi connectivity index (χ2v) is 6.00. The largest absolute Gasteiger partial charge is 0.481 e. The van der Waals surface area contributed by atoms with Crippen LogP contribution in [0.2, 0.25) is 0 Å². The van der Waals surface area contributed by atoms with Gasteiger partial charge in [0.05, 0.1) is 0 Å². The lowest BCUT2D eigenvalue weighted by Crippen LogP contribution is -2.20. The maximum atomic E-state index is 10.7. The third-order valence-corrected chi connectivity index (χ3v) is 4.27. The Bertz CT molecular complexity index is 450. The molecule has 1 saturated carbocycles. The van der Waals surface area contributed by atoms with Crippen molar-refractivity contribution in [3.05, 3.63) is 35.4 Å². The van der Waals surface area contributed by atoms with Gasteiger partial charge in [-0.15, -0.1) is 0 Å². The number of carboxylic acid groups (broad SMARTS) is 1. The summed E-state index contributed by atoms with van der Waals surface area (Å²) in [5.74, 6) is 0.490. The molecule has 1 N–H and O–H groups in total. The molecule has 1 aromatic carbocycles. The Balaban J connectivity index is 1.52. The minimum atomic E-state index is -0.666. The Hall–Kier alpha value is -1.35. The smallest absolute Gasteiger partial charge is 0.303 e. The fourth-order valence-electron chi connectivity index (χ4n) is 3.04. The minimum Gasteiger partial charge on any atom is -0.481 e. The first-order chi connectivity index (χ1) is 9.20. The van der Waals surface area contributed by atoms with Gasteiger partial charge in [0.2, 0.25) is 0 Å². The summed E-state index contributed by atoms with van der Waals surface area (Å²) in [7, 11) is 0. The molecule has 0 amide bonds. The first-order valence-corrected chi connectivity index (χ1v) is 7.23. The average Bonchev–Trinajstić information content (AvgIpc) is 3.13. The quantitative estimate of drug-likeness (QED) is 0.884. The highest BCUT2D eigenvalue weighted by Gasteiger charge is 2.25. The Morgan fingerprint density at radius 3 is 2.58 bits per heavy atom. The van der Waals surface area contributed by atoms with E-state index in [-0.39, 0.29) is 0 Å². The number of rotatable bonds is 5. The number of nitrogens with zero attached hydrogens (tertiary/aromatic N) is 1. The molecular weight excluding hydrogens is 238 g/mol. The molecule has 0 aromatic heterocycles. The first kappa shape index (κ1) is 12.7. The molecule has 1 aliphatic heterocycles. The molecule has 1 saturated heterocycles. The van der Waals surface area contributed by atoms with Gasteiger partial charge in [-0.1, -0.05) is 24.3 Å². The summed E-state index contributed by atoms with van der Waals surface area (Å²) in [6, 6.07) is 8.99. The van der Waals surface area contributed by atoms with E-state index in [2.05, 4.69) is 29.2 Å². The van der Waals surface area contributed by atoms with Gasteiger partial charge in [-0.05, 0) is 48.8 Å². The molecule has 3 rings (SSSR count). The first-order valence-electron chi connectivity index (χ1n) is 7.23. The lowest BCUT2D eigenvalue weighted by atomic mass is 10.1. The van der Waals surface area contributed by atoms with Gasteiger partial charge in [-0.3, -0.25) is 9.69 Å². The highest BCUT2D eigenvalue weighted by atomic mass is 16.4. The number of likely N-dealkylation sites (tertiary alicyclic amines) is 1. The lowest BCUT2D eigenvalue weighted by Gasteiger charge is -2.16. The van der Waals surface area contributed by atoms with Gasteiger partial charge in [-0.25, -0.2) is 0 Å². The van der Waals surface area contributed by atoms with E-state index in [0.717, 1.165) is 32.0 Å². The average molecular weight is 259 g/mol. The van der Waals surface area contributed by atoms with Crippen LogP contribution in [0, 0.1) is 5.92 Å². The maximum Gasteiger partial charge on any atom is 0.303 e. The van der Waals surface area contributed by atoms with E-state index in [9.17, 15) is 4.79 Å². The summed E-state index contributed by atoms with van der Waals surface area (Å²) >= 11 is 0. The van der Waals surface area contributed by atoms with Crippen molar-refractivity contribution in [1.82, 2.24) is 4.90 Å². The van der Waals surface area contributed by atoms with Crippen molar-refractivity contribution in [3.63, 3.8) is 0 Å². The van der Waals surface area contributed by atoms with Gasteiger partial charge in [0, 0.05) is 19.5 Å². The predicted molar refractivity (Wildman–Crippen MR) is 74.1 cm³/mol. The van der Waals surface area contributed by atoms with Crippen LogP contribution in [0.15, 0.2) is 24.3 Å². The molecule has 1 unspecified atom stereocenters. The van der Waals surface area contributed by atoms with Crippen molar-refractivity contribution >= 4 is 5.97 Å². The number of hydrogen-bond acceptors (Lipinski definition) is 2. The van der Waals surface area contributed by atoms with Gasteiger partial charge in [0.1, 0.15) is 0 Å². The Labute approximate surface area is 114 Å². The molecule has 1 aromatic rings. The second kappa shape index (κ2) is 5.33. The van der Waals surface area contributed by atoms with Crippen LogP contribution in [0.5, 0.6) is 0 Å². The SMILES string of the molecule is O=C(O)CC1CCN(Cc2ccc(C3CC3)cc2)C1. The summed E-state index contributed by atoms with van der Waals surface area (Å²) in [6.07, 6.45) is 4.04. The standard InChI is InChI=1S/C16H21NO2/c18-16(19)9-13-7-8-17(11-13)10-12-1-3-14(4-2-12)15-5-6-15/h1-4,13,15H,5-11H2,(H,18,19). The van der Waals surface area contributed by atoms with E-state index in [0.29, 0.717) is 12.3 Å². The molecule has 0 bridgehead atoms. The van der Waals surface area contributed by atoms with Gasteiger partial charge < -0.3 is 5.11 Å². The van der Waals surface area contributed by atoms with Crippen LogP contribution in [0.1, 0.15) is 42.7 Å². The number of hydrogen-bond donors (Lipinski definition) is 1. The van der Waals surface area contributed by atoms with Crippen LogP contribution in [-0.4, -0.2) is 29.1 Å². The summed E-state index contributed by atoms with van der Waals surface area (Å²) < 4.78 is 0. The molecule has 1 atom stereocenters. The lowest BCUT2D eigenvalue weighted by molar-refractivity contribution is -0.138. The third-order valence-electron chi connectivity index (χ3n) is 4.27. The highest BCUT2D eigenvalue weighted by Crippen LogP contribution is 2.39. The van der Waals surface area contributed by atoms with Crippen LogP contribution < -0.4 is 0 Å². The van der Waals surface area contributed by atoms with Crippen LogP contribution in [-0.2, 0) is 11.3 Å². The molecule has 3 nitrogen and oxygen atoms in total. The van der Waals surface area contributed by atoms with Crippen LogP contribution in [0.25, 0.3) is 0 Å². The van der Waals surface area contributed by atoms with Crippen LogP contribution in [0.3, 0.4) is 0 Å². The molecule has 0 spiro atoms. The maximum absolute atomic E-state index is 10.7. The van der Waals surface area contributed by atoms with Gasteiger partial charge in [0.15, 0.2) is 0 Å². The molecule has 2 aliphatic rings. The van der Waals surface area contributed by atoms with E-state index >= 15 is 0 Å². The third kappa shape index (κ3) is 3.35. The van der Waals surface area contributed by atoms with Crippen molar-refractivity contribution in [2.45, 2.75) is 38.1 Å². The number of carbonyl (C=O) groups is 1. The van der Waals surface area contributed by atoms with Gasteiger partial charge in [0.25, 0.3) is 0 Å². The van der Waals surface area contributed by atoms with Gasteiger partial charge in [-0.2, -0.15) is 0 Å². The Kier molecular flexibility index (Phi) is 3.56. The molecule has 2 fully saturated rings. The van der Waals surface area contributed by atoms with E-state index in [1.807, 2.05) is 0 Å². The fraction of sp³-hybridized carbons (Fsp3) is 0.562. The molecule has 102 valence electrons. The monoisotopic (exact) mass is 259 g/mol. The van der Waals surface area contributed by atoms with Gasteiger partial charge >= 0.3 is 5.97 Å². The summed E-state index contributed by atoms with van der Waals surface area (Å²) in [4.78, 5) is 13.1. The topological polar surface area (TPSA) is 40.5 Å². The van der Waals surface area contributed by atoms with Crippen molar-refractivity contribution in [2.75, 3.05) is 13.1 Å². The van der Waals surface area contributed by atoms with E-state index in [1.54, 1.807) is 0 Å².